The largest absolute Gasteiger partial charge is 0.405 e. The van der Waals surface area contributed by atoms with Crippen LogP contribution < -0.4 is 20.7 Å². The second-order valence-electron chi connectivity index (χ2n) is 13.9. The molecule has 0 bridgehead atoms. The van der Waals surface area contributed by atoms with E-state index in [-0.39, 0.29) is 11.6 Å². The van der Waals surface area contributed by atoms with Crippen molar-refractivity contribution in [3.05, 3.63) is 121 Å². The summed E-state index contributed by atoms with van der Waals surface area (Å²) in [5.74, 6) is 0. The third kappa shape index (κ3) is 6.18. The molecule has 0 aromatic heterocycles. The SMILES string of the molecule is CC(C)(C)[Si](OC[C@@H]1OC(O)C(F)(Br)[C@H]1O[Si](c1ccccc1)(c1ccccc1)C(C)(C)C)(c1ccccc1)c1ccccc1. The lowest BCUT2D eigenvalue weighted by atomic mass is 10.2. The van der Waals surface area contributed by atoms with Gasteiger partial charge in [0.2, 0.25) is 10.9 Å². The van der Waals surface area contributed by atoms with Gasteiger partial charge in [-0.05, 0) is 46.8 Å². The first-order valence-electron chi connectivity index (χ1n) is 15.5. The summed E-state index contributed by atoms with van der Waals surface area (Å²) in [6.45, 7) is 13.1. The Hall–Kier alpha value is -2.44. The third-order valence-electron chi connectivity index (χ3n) is 8.95. The topological polar surface area (TPSA) is 47.9 Å². The minimum Gasteiger partial charge on any atom is -0.405 e. The fourth-order valence-corrected chi connectivity index (χ4v) is 16.8. The van der Waals surface area contributed by atoms with Gasteiger partial charge < -0.3 is 18.7 Å². The Balaban J connectivity index is 1.62. The Morgan fingerprint density at radius 3 is 1.33 bits per heavy atom. The Labute approximate surface area is 278 Å². The molecule has 0 amide bonds. The fourth-order valence-electron chi connectivity index (χ4n) is 6.85. The molecule has 4 aromatic rings. The van der Waals surface area contributed by atoms with Gasteiger partial charge in [0, 0.05) is 0 Å². The molecule has 2 unspecified atom stereocenters. The summed E-state index contributed by atoms with van der Waals surface area (Å²) in [7, 11) is -6.20. The minimum atomic E-state index is -3.22. The molecule has 0 spiro atoms. The molecule has 45 heavy (non-hydrogen) atoms. The molecule has 1 heterocycles. The van der Waals surface area contributed by atoms with Crippen LogP contribution in [0.2, 0.25) is 10.1 Å². The van der Waals surface area contributed by atoms with Gasteiger partial charge in [-0.25, -0.2) is 4.39 Å². The molecule has 1 aliphatic rings. The van der Waals surface area contributed by atoms with Gasteiger partial charge in [0.15, 0.2) is 0 Å². The summed E-state index contributed by atoms with van der Waals surface area (Å²) in [4.78, 5) is 0. The third-order valence-corrected chi connectivity index (χ3v) is 19.8. The minimum absolute atomic E-state index is 0.0322. The van der Waals surface area contributed by atoms with Gasteiger partial charge in [0.25, 0.3) is 16.6 Å². The van der Waals surface area contributed by atoms with Crippen LogP contribution >= 0.6 is 15.9 Å². The molecule has 1 N–H and O–H groups in total. The highest BCUT2D eigenvalue weighted by molar-refractivity contribution is 9.10. The Morgan fingerprint density at radius 1 is 0.667 bits per heavy atom. The molecule has 8 heteroatoms. The Morgan fingerprint density at radius 2 is 1.00 bits per heavy atom. The second-order valence-corrected chi connectivity index (χ2v) is 23.7. The number of aliphatic hydroxyl groups excluding tert-OH is 1. The van der Waals surface area contributed by atoms with Gasteiger partial charge in [-0.3, -0.25) is 0 Å². The molecule has 4 aromatic carbocycles. The second kappa shape index (κ2) is 13.0. The standard InChI is InChI=1S/C37H44BrFO4Si2/c1-35(2,3)44(28-19-11-7-12-20-28,29-21-13-8-14-22-29)41-27-32-33(37(38,39)34(40)42-32)43-45(36(4,5)6,30-23-15-9-16-24-30)31-25-17-10-18-26-31/h7-26,32-34,40H,27H2,1-6H3/t32-,33-,34?,37?/m0/s1. The van der Waals surface area contributed by atoms with E-state index in [4.69, 9.17) is 13.6 Å². The van der Waals surface area contributed by atoms with E-state index in [1.165, 1.54) is 0 Å². The van der Waals surface area contributed by atoms with E-state index in [1.807, 2.05) is 72.8 Å². The van der Waals surface area contributed by atoms with Crippen molar-refractivity contribution in [3.63, 3.8) is 0 Å². The molecule has 0 saturated carbocycles. The molecule has 1 fully saturated rings. The highest BCUT2D eigenvalue weighted by Gasteiger charge is 2.63. The van der Waals surface area contributed by atoms with Crippen LogP contribution in [0.1, 0.15) is 41.5 Å². The van der Waals surface area contributed by atoms with Crippen LogP contribution in [0.3, 0.4) is 0 Å². The predicted octanol–water partition coefficient (Wildman–Crippen LogP) is 6.29. The lowest BCUT2D eigenvalue weighted by Gasteiger charge is -2.47. The zero-order chi connectivity index (χ0) is 32.5. The molecule has 238 valence electrons. The lowest BCUT2D eigenvalue weighted by Crippen LogP contribution is -2.70. The first-order valence-corrected chi connectivity index (χ1v) is 20.1. The quantitative estimate of drug-likeness (QED) is 0.164. The number of aliphatic hydroxyl groups is 1. The summed E-state index contributed by atoms with van der Waals surface area (Å²) >= 11 is 3.24. The number of hydrogen-bond donors (Lipinski definition) is 1. The molecule has 4 nitrogen and oxygen atoms in total. The van der Waals surface area contributed by atoms with Crippen LogP contribution in [0, 0.1) is 0 Å². The normalized spacial score (nSPS) is 22.8. The fraction of sp³-hybridized carbons (Fsp3) is 0.351. The molecule has 0 radical (unpaired) electrons. The number of alkyl halides is 2. The molecule has 4 atom stereocenters. The monoisotopic (exact) mass is 706 g/mol. The van der Waals surface area contributed by atoms with E-state index in [0.29, 0.717) is 0 Å². The molecule has 0 aliphatic carbocycles. The maximum atomic E-state index is 16.8. The predicted molar refractivity (Wildman–Crippen MR) is 190 cm³/mol. The average Bonchev–Trinajstić information content (AvgIpc) is 3.23. The molecule has 1 saturated heterocycles. The van der Waals surface area contributed by atoms with Crippen molar-refractivity contribution in [3.8, 4) is 0 Å². The van der Waals surface area contributed by atoms with Crippen molar-refractivity contribution in [2.75, 3.05) is 6.61 Å². The van der Waals surface area contributed by atoms with Crippen molar-refractivity contribution < 1.29 is 23.1 Å². The van der Waals surface area contributed by atoms with E-state index < -0.39 is 44.7 Å². The zero-order valence-corrected chi connectivity index (χ0v) is 30.5. The van der Waals surface area contributed by atoms with E-state index in [1.54, 1.807) is 0 Å². The van der Waals surface area contributed by atoms with E-state index >= 15 is 4.39 Å². The summed E-state index contributed by atoms with van der Waals surface area (Å²) in [5, 5.41) is 14.6. The highest BCUT2D eigenvalue weighted by atomic mass is 79.9. The zero-order valence-electron chi connectivity index (χ0n) is 26.9. The highest BCUT2D eigenvalue weighted by Crippen LogP contribution is 2.47. The lowest BCUT2D eigenvalue weighted by molar-refractivity contribution is -0.124. The molecular formula is C37H44BrFO4Si2. The van der Waals surface area contributed by atoms with Gasteiger partial charge in [-0.15, -0.1) is 0 Å². The van der Waals surface area contributed by atoms with Crippen molar-refractivity contribution in [2.24, 2.45) is 0 Å². The Bertz CT molecular complexity index is 1450. The number of halogens is 2. The maximum Gasteiger partial charge on any atom is 0.261 e. The van der Waals surface area contributed by atoms with Crippen LogP contribution in [-0.4, -0.2) is 51.4 Å². The first kappa shape index (κ1) is 33.9. The molecule has 1 aliphatic heterocycles. The van der Waals surface area contributed by atoms with Gasteiger partial charge in [0.1, 0.15) is 12.2 Å². The maximum absolute atomic E-state index is 16.8. The van der Waals surface area contributed by atoms with Crippen LogP contribution in [0.4, 0.5) is 4.39 Å². The summed E-state index contributed by atoms with van der Waals surface area (Å²) in [6, 6.07) is 40.8. The number of benzene rings is 4. The van der Waals surface area contributed by atoms with Crippen molar-refractivity contribution in [1.82, 2.24) is 0 Å². The van der Waals surface area contributed by atoms with E-state index in [9.17, 15) is 5.11 Å². The van der Waals surface area contributed by atoms with Crippen LogP contribution in [0.5, 0.6) is 0 Å². The first-order chi connectivity index (χ1) is 21.2. The smallest absolute Gasteiger partial charge is 0.261 e. The number of hydrogen-bond acceptors (Lipinski definition) is 4. The number of rotatable bonds is 9. The van der Waals surface area contributed by atoms with E-state index in [2.05, 4.69) is 106 Å². The van der Waals surface area contributed by atoms with Crippen molar-refractivity contribution in [2.45, 2.75) is 74.7 Å². The molecular weight excluding hydrogens is 663 g/mol. The average molecular weight is 708 g/mol. The van der Waals surface area contributed by atoms with Crippen LogP contribution in [0.25, 0.3) is 0 Å². The van der Waals surface area contributed by atoms with Gasteiger partial charge in [-0.2, -0.15) is 0 Å². The Kier molecular flexibility index (Phi) is 9.79. The molecule has 5 rings (SSSR count). The van der Waals surface area contributed by atoms with E-state index in [0.717, 1.165) is 20.7 Å². The van der Waals surface area contributed by atoms with Crippen molar-refractivity contribution in [1.29, 1.82) is 0 Å². The summed E-state index contributed by atoms with van der Waals surface area (Å²) in [6.07, 6.45) is -3.81. The van der Waals surface area contributed by atoms with Gasteiger partial charge in [0.05, 0.1) is 6.61 Å². The number of ether oxygens (including phenoxy) is 1. The van der Waals surface area contributed by atoms with Crippen molar-refractivity contribution >= 4 is 53.3 Å². The summed E-state index contributed by atoms with van der Waals surface area (Å²) < 4.78 is 34.9. The van der Waals surface area contributed by atoms with Gasteiger partial charge in [-0.1, -0.05) is 163 Å². The van der Waals surface area contributed by atoms with Crippen LogP contribution in [0.15, 0.2) is 121 Å². The summed E-state index contributed by atoms with van der Waals surface area (Å²) in [5.41, 5.74) is 0. The van der Waals surface area contributed by atoms with Crippen LogP contribution in [-0.2, 0) is 13.6 Å². The van der Waals surface area contributed by atoms with Gasteiger partial charge >= 0.3 is 0 Å².